The van der Waals surface area contributed by atoms with E-state index in [9.17, 15) is 8.78 Å². The van der Waals surface area contributed by atoms with Crippen molar-refractivity contribution in [3.63, 3.8) is 0 Å². The van der Waals surface area contributed by atoms with E-state index in [0.29, 0.717) is 18.8 Å². The van der Waals surface area contributed by atoms with Gasteiger partial charge in [-0.25, -0.2) is 8.78 Å². The Bertz CT molecular complexity index is 258. The van der Waals surface area contributed by atoms with Crippen LogP contribution in [0.4, 0.5) is 8.78 Å². The number of nitrogens with one attached hydrogen (secondary N) is 1. The van der Waals surface area contributed by atoms with Gasteiger partial charge < -0.3 is 4.74 Å². The minimum Gasteiger partial charge on any atom is -0.360 e. The summed E-state index contributed by atoms with van der Waals surface area (Å²) in [5, 5.41) is 3.39. The highest BCUT2D eigenvalue weighted by atomic mass is 19.3. The average molecular weight is 231 g/mol. The van der Waals surface area contributed by atoms with Crippen LogP contribution in [-0.4, -0.2) is 24.8 Å². The summed E-state index contributed by atoms with van der Waals surface area (Å²) in [6, 6.07) is 0. The monoisotopic (exact) mass is 231 g/mol. The van der Waals surface area contributed by atoms with Crippen LogP contribution in [0, 0.1) is 11.8 Å². The first-order valence-electron chi connectivity index (χ1n) is 6.35. The van der Waals surface area contributed by atoms with Crippen LogP contribution in [0.1, 0.15) is 38.5 Å². The molecule has 1 heterocycles. The second-order valence-electron chi connectivity index (χ2n) is 5.64. The van der Waals surface area contributed by atoms with E-state index in [0.717, 1.165) is 19.1 Å². The fraction of sp³-hybridized carbons (Fsp3) is 1.00. The normalized spacial score (nSPS) is 37.5. The fourth-order valence-corrected chi connectivity index (χ4v) is 2.90. The Hall–Kier alpha value is -0.220. The van der Waals surface area contributed by atoms with E-state index in [1.165, 1.54) is 12.8 Å². The van der Waals surface area contributed by atoms with Gasteiger partial charge in [-0.15, -0.1) is 0 Å². The van der Waals surface area contributed by atoms with Crippen molar-refractivity contribution in [3.05, 3.63) is 0 Å². The highest BCUT2D eigenvalue weighted by molar-refractivity contribution is 4.94. The molecule has 2 aliphatic carbocycles. The maximum absolute atomic E-state index is 13.1. The minimum atomic E-state index is -2.47. The Labute approximate surface area is 94.7 Å². The molecule has 0 bridgehead atoms. The zero-order chi connectivity index (χ0) is 11.2. The molecule has 1 saturated heterocycles. The third-order valence-corrected chi connectivity index (χ3v) is 4.34. The molecule has 0 aromatic rings. The molecule has 3 fully saturated rings. The van der Waals surface area contributed by atoms with Gasteiger partial charge in [-0.05, 0) is 37.5 Å². The first kappa shape index (κ1) is 10.9. The van der Waals surface area contributed by atoms with Gasteiger partial charge >= 0.3 is 0 Å². The van der Waals surface area contributed by atoms with Crippen molar-refractivity contribution >= 4 is 0 Å². The highest BCUT2D eigenvalue weighted by Crippen LogP contribution is 2.43. The summed E-state index contributed by atoms with van der Waals surface area (Å²) in [5.74, 6) is -1.02. The molecule has 2 saturated carbocycles. The maximum Gasteiger partial charge on any atom is 0.248 e. The smallest absolute Gasteiger partial charge is 0.248 e. The second kappa shape index (κ2) is 3.64. The average Bonchev–Trinajstić information content (AvgIpc) is 3.08. The molecular formula is C12H19F2NO. The van der Waals surface area contributed by atoms with Crippen molar-refractivity contribution < 1.29 is 13.5 Å². The summed E-state index contributed by atoms with van der Waals surface area (Å²) in [6.45, 7) is 1.72. The number of alkyl halides is 2. The van der Waals surface area contributed by atoms with Crippen molar-refractivity contribution in [2.45, 2.75) is 50.2 Å². The van der Waals surface area contributed by atoms with Crippen molar-refractivity contribution in [1.29, 1.82) is 0 Å². The van der Waals surface area contributed by atoms with Gasteiger partial charge in [0.1, 0.15) is 5.72 Å². The molecule has 0 radical (unpaired) electrons. The Kier molecular flexibility index (Phi) is 2.48. The summed E-state index contributed by atoms with van der Waals surface area (Å²) >= 11 is 0. The quantitative estimate of drug-likeness (QED) is 0.748. The zero-order valence-corrected chi connectivity index (χ0v) is 9.48. The van der Waals surface area contributed by atoms with Gasteiger partial charge in [0.2, 0.25) is 5.92 Å². The molecule has 3 aliphatic rings. The van der Waals surface area contributed by atoms with Crippen molar-refractivity contribution in [2.24, 2.45) is 11.8 Å². The summed E-state index contributed by atoms with van der Waals surface area (Å²) < 4.78 is 32.0. The van der Waals surface area contributed by atoms with Gasteiger partial charge in [-0.3, -0.25) is 5.32 Å². The lowest BCUT2D eigenvalue weighted by atomic mass is 9.86. The van der Waals surface area contributed by atoms with Gasteiger partial charge in [-0.1, -0.05) is 0 Å². The molecule has 1 unspecified atom stereocenters. The summed E-state index contributed by atoms with van der Waals surface area (Å²) in [7, 11) is 0. The molecular weight excluding hydrogens is 212 g/mol. The van der Waals surface area contributed by atoms with Crippen LogP contribution >= 0.6 is 0 Å². The summed E-state index contributed by atoms with van der Waals surface area (Å²) in [6.07, 6.45) is 3.48. The molecule has 3 rings (SSSR count). The Morgan fingerprint density at radius 1 is 1.00 bits per heavy atom. The lowest BCUT2D eigenvalue weighted by Gasteiger charge is -2.45. The minimum absolute atomic E-state index is 0.0336. The Balaban J connectivity index is 1.56. The van der Waals surface area contributed by atoms with Crippen LogP contribution in [0.3, 0.4) is 0 Å². The molecule has 16 heavy (non-hydrogen) atoms. The standard InChI is InChI=1S/C12H19F2NO/c13-11(14)3-5-12(6-4-11)15-7-10(8-16-12)9-1-2-9/h9-10,15H,1-8H2. The topological polar surface area (TPSA) is 21.3 Å². The van der Waals surface area contributed by atoms with Crippen LogP contribution in [0.15, 0.2) is 0 Å². The van der Waals surface area contributed by atoms with E-state index in [2.05, 4.69) is 5.32 Å². The third kappa shape index (κ3) is 2.09. The van der Waals surface area contributed by atoms with Crippen LogP contribution in [0.2, 0.25) is 0 Å². The van der Waals surface area contributed by atoms with Gasteiger partial charge in [0.05, 0.1) is 6.61 Å². The van der Waals surface area contributed by atoms with Gasteiger partial charge in [0.15, 0.2) is 0 Å². The van der Waals surface area contributed by atoms with Crippen molar-refractivity contribution in [1.82, 2.24) is 5.32 Å². The molecule has 1 atom stereocenters. The summed E-state index contributed by atoms with van der Waals surface area (Å²) in [4.78, 5) is 0. The number of halogens is 2. The number of hydrogen-bond acceptors (Lipinski definition) is 2. The van der Waals surface area contributed by atoms with Gasteiger partial charge in [0, 0.05) is 19.4 Å². The predicted octanol–water partition coefficient (Wildman–Crippen LogP) is 2.54. The largest absolute Gasteiger partial charge is 0.360 e. The van der Waals surface area contributed by atoms with Crippen molar-refractivity contribution in [3.8, 4) is 0 Å². The molecule has 92 valence electrons. The lowest BCUT2D eigenvalue weighted by Crippen LogP contribution is -2.57. The molecule has 4 heteroatoms. The van der Waals surface area contributed by atoms with Crippen LogP contribution in [0.5, 0.6) is 0 Å². The van der Waals surface area contributed by atoms with Crippen LogP contribution in [0.25, 0.3) is 0 Å². The lowest BCUT2D eigenvalue weighted by molar-refractivity contribution is -0.174. The van der Waals surface area contributed by atoms with E-state index >= 15 is 0 Å². The van der Waals surface area contributed by atoms with Gasteiger partial charge in [0.25, 0.3) is 0 Å². The van der Waals surface area contributed by atoms with Crippen LogP contribution in [-0.2, 0) is 4.74 Å². The molecule has 1 aliphatic heterocycles. The van der Waals surface area contributed by atoms with E-state index in [1.54, 1.807) is 0 Å². The number of rotatable bonds is 1. The summed E-state index contributed by atoms with van der Waals surface area (Å²) in [5.41, 5.74) is -0.424. The van der Waals surface area contributed by atoms with E-state index in [-0.39, 0.29) is 12.8 Å². The van der Waals surface area contributed by atoms with E-state index in [4.69, 9.17) is 4.74 Å². The molecule has 0 amide bonds. The molecule has 2 nitrogen and oxygen atoms in total. The van der Waals surface area contributed by atoms with E-state index in [1.807, 2.05) is 0 Å². The Morgan fingerprint density at radius 2 is 1.69 bits per heavy atom. The predicted molar refractivity (Wildman–Crippen MR) is 56.3 cm³/mol. The van der Waals surface area contributed by atoms with Crippen molar-refractivity contribution in [2.75, 3.05) is 13.2 Å². The molecule has 1 spiro atoms. The van der Waals surface area contributed by atoms with Gasteiger partial charge in [-0.2, -0.15) is 0 Å². The zero-order valence-electron chi connectivity index (χ0n) is 9.48. The first-order valence-corrected chi connectivity index (χ1v) is 6.35. The first-order chi connectivity index (χ1) is 7.59. The second-order valence-corrected chi connectivity index (χ2v) is 5.64. The SMILES string of the molecule is FC1(F)CCC2(CC1)NCC(C1CC1)CO2. The highest BCUT2D eigenvalue weighted by Gasteiger charge is 2.47. The molecule has 0 aromatic heterocycles. The Morgan fingerprint density at radius 3 is 2.19 bits per heavy atom. The van der Waals surface area contributed by atoms with Crippen LogP contribution < -0.4 is 5.32 Å². The number of hydrogen-bond donors (Lipinski definition) is 1. The third-order valence-electron chi connectivity index (χ3n) is 4.34. The van der Waals surface area contributed by atoms with E-state index < -0.39 is 11.6 Å². The fourth-order valence-electron chi connectivity index (χ4n) is 2.90. The molecule has 0 aromatic carbocycles. The molecule has 1 N–H and O–H groups in total. The number of ether oxygens (including phenoxy) is 1. The maximum atomic E-state index is 13.1.